The van der Waals surface area contributed by atoms with E-state index >= 15 is 0 Å². The first kappa shape index (κ1) is 9.69. The van der Waals surface area contributed by atoms with E-state index in [1.54, 1.807) is 6.07 Å². The summed E-state index contributed by atoms with van der Waals surface area (Å²) in [6.07, 6.45) is 5.04. The number of terminal acetylenes is 1. The topological polar surface area (TPSA) is 9.23 Å². The minimum absolute atomic E-state index is 0.250. The third-order valence-corrected chi connectivity index (χ3v) is 2.83. The highest BCUT2D eigenvalue weighted by Gasteiger charge is 2.02. The summed E-state index contributed by atoms with van der Waals surface area (Å²) in [5.41, 5.74) is 0. The van der Waals surface area contributed by atoms with E-state index in [1.165, 1.54) is 0 Å². The van der Waals surface area contributed by atoms with Crippen molar-refractivity contribution in [1.29, 1.82) is 0 Å². The maximum atomic E-state index is 5.93. The van der Waals surface area contributed by atoms with Crippen LogP contribution in [0.3, 0.4) is 0 Å². The van der Waals surface area contributed by atoms with Crippen LogP contribution in [0.5, 0.6) is 5.75 Å². The van der Waals surface area contributed by atoms with E-state index in [2.05, 4.69) is 28.5 Å². The third kappa shape index (κ3) is 2.29. The van der Waals surface area contributed by atoms with Crippen LogP contribution in [0, 0.1) is 15.9 Å². The number of rotatable bonds is 2. The number of halogens is 2. The van der Waals surface area contributed by atoms with Crippen LogP contribution in [-0.2, 0) is 0 Å². The molecule has 0 N–H and O–H groups in total. The second-order valence-electron chi connectivity index (χ2n) is 2.04. The lowest BCUT2D eigenvalue weighted by Crippen LogP contribution is -1.94. The van der Waals surface area contributed by atoms with E-state index in [-0.39, 0.29) is 6.61 Å². The Morgan fingerprint density at radius 3 is 3.00 bits per heavy atom. The quantitative estimate of drug-likeness (QED) is 0.601. The molecule has 0 atom stereocenters. The Labute approximate surface area is 90.2 Å². The lowest BCUT2D eigenvalue weighted by molar-refractivity contribution is 0.370. The van der Waals surface area contributed by atoms with Crippen LogP contribution in [0.2, 0.25) is 5.02 Å². The molecule has 0 radical (unpaired) electrons. The van der Waals surface area contributed by atoms with Crippen molar-refractivity contribution in [1.82, 2.24) is 0 Å². The third-order valence-electron chi connectivity index (χ3n) is 1.23. The zero-order valence-electron chi connectivity index (χ0n) is 6.18. The Balaban J connectivity index is 2.86. The minimum Gasteiger partial charge on any atom is -0.479 e. The van der Waals surface area contributed by atoms with Crippen molar-refractivity contribution in [3.05, 3.63) is 26.8 Å². The summed E-state index contributed by atoms with van der Waals surface area (Å²) in [5.74, 6) is 3.02. The van der Waals surface area contributed by atoms with Crippen molar-refractivity contribution in [3.8, 4) is 18.1 Å². The molecular weight excluding hydrogens is 286 g/mol. The van der Waals surface area contributed by atoms with E-state index in [0.717, 1.165) is 3.57 Å². The van der Waals surface area contributed by atoms with Crippen molar-refractivity contribution >= 4 is 34.2 Å². The van der Waals surface area contributed by atoms with Crippen molar-refractivity contribution in [2.75, 3.05) is 6.61 Å². The van der Waals surface area contributed by atoms with Gasteiger partial charge < -0.3 is 4.74 Å². The molecule has 1 nitrogen and oxygen atoms in total. The van der Waals surface area contributed by atoms with Crippen molar-refractivity contribution in [2.24, 2.45) is 0 Å². The van der Waals surface area contributed by atoms with Gasteiger partial charge >= 0.3 is 0 Å². The molecule has 1 rings (SSSR count). The smallest absolute Gasteiger partial charge is 0.148 e. The zero-order valence-corrected chi connectivity index (χ0v) is 9.09. The minimum atomic E-state index is 0.250. The molecule has 3 heteroatoms. The van der Waals surface area contributed by atoms with Crippen LogP contribution in [0.1, 0.15) is 0 Å². The van der Waals surface area contributed by atoms with Gasteiger partial charge in [0.2, 0.25) is 0 Å². The molecule has 0 aliphatic carbocycles. The van der Waals surface area contributed by atoms with Gasteiger partial charge in [-0.25, -0.2) is 0 Å². The first-order valence-corrected chi connectivity index (χ1v) is 4.71. The molecule has 0 saturated heterocycles. The highest BCUT2D eigenvalue weighted by atomic mass is 127. The average molecular weight is 293 g/mol. The van der Waals surface area contributed by atoms with Gasteiger partial charge in [-0.3, -0.25) is 0 Å². The monoisotopic (exact) mass is 292 g/mol. The molecule has 0 spiro atoms. The lowest BCUT2D eigenvalue weighted by atomic mass is 10.3. The highest BCUT2D eigenvalue weighted by molar-refractivity contribution is 14.1. The van der Waals surface area contributed by atoms with Crippen LogP contribution in [0.15, 0.2) is 18.2 Å². The van der Waals surface area contributed by atoms with E-state index in [4.69, 9.17) is 22.8 Å². The van der Waals surface area contributed by atoms with Crippen LogP contribution < -0.4 is 4.74 Å². The maximum Gasteiger partial charge on any atom is 0.148 e. The van der Waals surface area contributed by atoms with Crippen LogP contribution in [-0.4, -0.2) is 6.61 Å². The average Bonchev–Trinajstić information content (AvgIpc) is 2.08. The van der Waals surface area contributed by atoms with Gasteiger partial charge in [0, 0.05) is 3.57 Å². The van der Waals surface area contributed by atoms with Gasteiger partial charge in [0.05, 0.1) is 5.02 Å². The van der Waals surface area contributed by atoms with Crippen LogP contribution >= 0.6 is 34.2 Å². The summed E-state index contributed by atoms with van der Waals surface area (Å²) < 4.78 is 6.16. The lowest BCUT2D eigenvalue weighted by Gasteiger charge is -2.04. The summed E-state index contributed by atoms with van der Waals surface area (Å²) in [5, 5.41) is 0.619. The molecule has 0 aromatic heterocycles. The van der Waals surface area contributed by atoms with E-state index in [0.29, 0.717) is 10.8 Å². The Hall–Kier alpha value is -0.400. The molecule has 0 aliphatic rings. The molecule has 1 aromatic rings. The van der Waals surface area contributed by atoms with Gasteiger partial charge in [-0.2, -0.15) is 0 Å². The first-order chi connectivity index (χ1) is 5.75. The van der Waals surface area contributed by atoms with E-state index in [1.807, 2.05) is 12.1 Å². The summed E-state index contributed by atoms with van der Waals surface area (Å²) >= 11 is 8.07. The molecule has 0 bridgehead atoms. The normalized spacial score (nSPS) is 9.08. The molecule has 0 amide bonds. The zero-order chi connectivity index (χ0) is 8.97. The van der Waals surface area contributed by atoms with Crippen molar-refractivity contribution < 1.29 is 4.74 Å². The number of ether oxygens (including phenoxy) is 1. The Morgan fingerprint density at radius 2 is 2.33 bits per heavy atom. The molecule has 0 aliphatic heterocycles. The molecular formula is C9H6ClIO. The molecule has 0 unspecified atom stereocenters. The SMILES string of the molecule is C#CCOc1cccc(I)c1Cl. The van der Waals surface area contributed by atoms with Gasteiger partial charge in [0.1, 0.15) is 12.4 Å². The Morgan fingerprint density at radius 1 is 1.58 bits per heavy atom. The van der Waals surface area contributed by atoms with E-state index in [9.17, 15) is 0 Å². The fourth-order valence-electron chi connectivity index (χ4n) is 0.715. The molecule has 62 valence electrons. The summed E-state index contributed by atoms with van der Waals surface area (Å²) in [4.78, 5) is 0. The maximum absolute atomic E-state index is 5.93. The van der Waals surface area contributed by atoms with Gasteiger partial charge in [-0.05, 0) is 34.7 Å². The van der Waals surface area contributed by atoms with E-state index < -0.39 is 0 Å². The van der Waals surface area contributed by atoms with Crippen LogP contribution in [0.4, 0.5) is 0 Å². The van der Waals surface area contributed by atoms with Crippen molar-refractivity contribution in [3.63, 3.8) is 0 Å². The molecule has 1 aromatic carbocycles. The Kier molecular flexibility index (Phi) is 3.70. The standard InChI is InChI=1S/C9H6ClIO/c1-2-6-12-8-5-3-4-7(11)9(8)10/h1,3-5H,6H2. The largest absolute Gasteiger partial charge is 0.479 e. The summed E-state index contributed by atoms with van der Waals surface area (Å²) in [6.45, 7) is 0.250. The second kappa shape index (κ2) is 4.58. The second-order valence-corrected chi connectivity index (χ2v) is 3.58. The molecule has 0 saturated carbocycles. The highest BCUT2D eigenvalue weighted by Crippen LogP contribution is 2.28. The number of benzene rings is 1. The predicted octanol–water partition coefficient (Wildman–Crippen LogP) is 2.96. The van der Waals surface area contributed by atoms with Crippen molar-refractivity contribution in [2.45, 2.75) is 0 Å². The predicted molar refractivity (Wildman–Crippen MR) is 58.5 cm³/mol. The van der Waals surface area contributed by atoms with Crippen LogP contribution in [0.25, 0.3) is 0 Å². The fraction of sp³-hybridized carbons (Fsp3) is 0.111. The number of hydrogen-bond acceptors (Lipinski definition) is 1. The van der Waals surface area contributed by atoms with Gasteiger partial charge in [-0.15, -0.1) is 6.42 Å². The molecule has 12 heavy (non-hydrogen) atoms. The van der Waals surface area contributed by atoms with Gasteiger partial charge in [-0.1, -0.05) is 23.6 Å². The number of hydrogen-bond donors (Lipinski definition) is 0. The van der Waals surface area contributed by atoms with Gasteiger partial charge in [0.15, 0.2) is 0 Å². The van der Waals surface area contributed by atoms with Gasteiger partial charge in [0.25, 0.3) is 0 Å². The first-order valence-electron chi connectivity index (χ1n) is 3.26. The summed E-state index contributed by atoms with van der Waals surface area (Å²) in [7, 11) is 0. The fourth-order valence-corrected chi connectivity index (χ4v) is 1.37. The Bertz CT molecular complexity index is 317. The molecule has 0 heterocycles. The summed E-state index contributed by atoms with van der Waals surface area (Å²) in [6, 6.07) is 5.58. The molecule has 0 fully saturated rings.